The largest absolute Gasteiger partial charge is 0.496 e. The minimum atomic E-state index is -1.00. The van der Waals surface area contributed by atoms with Crippen molar-refractivity contribution in [3.63, 3.8) is 0 Å². The maximum Gasteiger partial charge on any atom is 0.323 e. The molecule has 0 fully saturated rings. The van der Waals surface area contributed by atoms with Crippen molar-refractivity contribution in [2.45, 2.75) is 32.7 Å². The highest BCUT2D eigenvalue weighted by Gasteiger charge is 2.21. The predicted octanol–water partition coefficient (Wildman–Crippen LogP) is 6.08. The highest BCUT2D eigenvalue weighted by molar-refractivity contribution is 5.99. The van der Waals surface area contributed by atoms with E-state index in [2.05, 4.69) is 0 Å². The van der Waals surface area contributed by atoms with E-state index in [9.17, 15) is 19.8 Å². The summed E-state index contributed by atoms with van der Waals surface area (Å²) < 4.78 is 18.8. The van der Waals surface area contributed by atoms with Gasteiger partial charge < -0.3 is 29.0 Å². The van der Waals surface area contributed by atoms with Gasteiger partial charge in [0, 0.05) is 22.2 Å². The SMILES string of the molecule is COc1ccc2c(c1/C=C/c1ccc(OCCCCOc3ccccc3)cc1)c(CC(=O)O)c(C)n2CC(=O)O. The molecule has 8 nitrogen and oxygen atoms in total. The monoisotopic (exact) mass is 543 g/mol. The lowest BCUT2D eigenvalue weighted by atomic mass is 10.0. The Kier molecular flexibility index (Phi) is 9.46. The van der Waals surface area contributed by atoms with Gasteiger partial charge >= 0.3 is 11.9 Å². The van der Waals surface area contributed by atoms with Gasteiger partial charge in [-0.3, -0.25) is 9.59 Å². The molecule has 0 aliphatic heterocycles. The molecule has 8 heteroatoms. The summed E-state index contributed by atoms with van der Waals surface area (Å²) in [6, 6.07) is 21.0. The number of aromatic nitrogens is 1. The Hall–Kier alpha value is -4.72. The summed E-state index contributed by atoms with van der Waals surface area (Å²) >= 11 is 0. The van der Waals surface area contributed by atoms with Crippen LogP contribution in [0.2, 0.25) is 0 Å². The minimum absolute atomic E-state index is 0.229. The number of carboxylic acids is 2. The molecule has 0 spiro atoms. The zero-order valence-electron chi connectivity index (χ0n) is 22.6. The molecule has 0 unspecified atom stereocenters. The molecule has 0 radical (unpaired) electrons. The molecular formula is C32H33NO7. The van der Waals surface area contributed by atoms with E-state index in [4.69, 9.17) is 14.2 Å². The number of methoxy groups -OCH3 is 1. The zero-order valence-corrected chi connectivity index (χ0v) is 22.6. The fourth-order valence-corrected chi connectivity index (χ4v) is 4.66. The van der Waals surface area contributed by atoms with Crippen LogP contribution in [-0.4, -0.2) is 47.0 Å². The highest BCUT2D eigenvalue weighted by atomic mass is 16.5. The first-order valence-corrected chi connectivity index (χ1v) is 13.1. The van der Waals surface area contributed by atoms with Gasteiger partial charge in [0.15, 0.2) is 0 Å². The Labute approximate surface area is 233 Å². The van der Waals surface area contributed by atoms with E-state index in [1.807, 2.05) is 66.7 Å². The summed E-state index contributed by atoms with van der Waals surface area (Å²) in [5.74, 6) is 0.212. The Morgan fingerprint density at radius 1 is 0.825 bits per heavy atom. The van der Waals surface area contributed by atoms with E-state index >= 15 is 0 Å². The maximum atomic E-state index is 11.7. The quantitative estimate of drug-likeness (QED) is 0.147. The van der Waals surface area contributed by atoms with Crippen molar-refractivity contribution in [2.75, 3.05) is 20.3 Å². The van der Waals surface area contributed by atoms with Gasteiger partial charge in [0.1, 0.15) is 23.8 Å². The van der Waals surface area contributed by atoms with Gasteiger partial charge in [0.05, 0.1) is 26.7 Å². The molecule has 208 valence electrons. The Bertz CT molecular complexity index is 1490. The average Bonchev–Trinajstić information content (AvgIpc) is 3.20. The second-order valence-electron chi connectivity index (χ2n) is 9.31. The van der Waals surface area contributed by atoms with Crippen molar-refractivity contribution in [1.29, 1.82) is 0 Å². The van der Waals surface area contributed by atoms with Crippen molar-refractivity contribution < 1.29 is 34.0 Å². The molecule has 0 atom stereocenters. The van der Waals surface area contributed by atoms with Gasteiger partial charge in [0.25, 0.3) is 0 Å². The van der Waals surface area contributed by atoms with E-state index in [-0.39, 0.29) is 13.0 Å². The number of aliphatic carboxylic acids is 2. The number of unbranched alkanes of at least 4 members (excludes halogenated alkanes) is 1. The van der Waals surface area contributed by atoms with Crippen LogP contribution in [-0.2, 0) is 22.6 Å². The van der Waals surface area contributed by atoms with E-state index in [1.54, 1.807) is 30.7 Å². The fraction of sp³-hybridized carbons (Fsp3) is 0.250. The third kappa shape index (κ3) is 7.02. The van der Waals surface area contributed by atoms with Crippen LogP contribution in [0.4, 0.5) is 0 Å². The molecule has 0 saturated carbocycles. The number of rotatable bonds is 14. The zero-order chi connectivity index (χ0) is 28.5. The van der Waals surface area contributed by atoms with Gasteiger partial charge in [-0.05, 0) is 73.4 Å². The van der Waals surface area contributed by atoms with Crippen molar-refractivity contribution in [3.8, 4) is 17.2 Å². The lowest BCUT2D eigenvalue weighted by Crippen LogP contribution is -2.10. The second kappa shape index (κ2) is 13.4. The van der Waals surface area contributed by atoms with Crippen molar-refractivity contribution in [3.05, 3.63) is 89.1 Å². The van der Waals surface area contributed by atoms with Crippen LogP contribution < -0.4 is 14.2 Å². The lowest BCUT2D eigenvalue weighted by molar-refractivity contribution is -0.138. The second-order valence-corrected chi connectivity index (χ2v) is 9.31. The Morgan fingerprint density at radius 2 is 1.48 bits per heavy atom. The molecule has 1 aromatic heterocycles. The topological polar surface area (TPSA) is 107 Å². The molecule has 0 bridgehead atoms. The van der Waals surface area contributed by atoms with Crippen LogP contribution in [0.25, 0.3) is 23.1 Å². The fourth-order valence-electron chi connectivity index (χ4n) is 4.66. The molecule has 0 saturated heterocycles. The first-order chi connectivity index (χ1) is 19.4. The number of hydrogen-bond acceptors (Lipinski definition) is 5. The first kappa shape index (κ1) is 28.3. The van der Waals surface area contributed by atoms with Crippen molar-refractivity contribution >= 4 is 35.0 Å². The number of benzene rings is 3. The summed E-state index contributed by atoms with van der Waals surface area (Å²) in [5, 5.41) is 19.7. The average molecular weight is 544 g/mol. The summed E-state index contributed by atoms with van der Waals surface area (Å²) in [6.07, 6.45) is 5.32. The van der Waals surface area contributed by atoms with E-state index in [1.165, 1.54) is 0 Å². The summed E-state index contributed by atoms with van der Waals surface area (Å²) in [4.78, 5) is 23.2. The van der Waals surface area contributed by atoms with Crippen LogP contribution in [0.3, 0.4) is 0 Å². The summed E-state index contributed by atoms with van der Waals surface area (Å²) in [7, 11) is 1.55. The van der Waals surface area contributed by atoms with Gasteiger partial charge in [0.2, 0.25) is 0 Å². The van der Waals surface area contributed by atoms with Crippen LogP contribution in [0, 0.1) is 6.92 Å². The normalized spacial score (nSPS) is 11.2. The predicted molar refractivity (Wildman–Crippen MR) is 154 cm³/mol. The maximum absolute atomic E-state index is 11.7. The highest BCUT2D eigenvalue weighted by Crippen LogP contribution is 2.36. The van der Waals surface area contributed by atoms with Crippen LogP contribution >= 0.6 is 0 Å². The molecule has 4 rings (SSSR count). The van der Waals surface area contributed by atoms with Crippen LogP contribution in [0.5, 0.6) is 17.2 Å². The number of para-hydroxylation sites is 1. The molecule has 4 aromatic rings. The lowest BCUT2D eigenvalue weighted by Gasteiger charge is -2.10. The molecule has 3 aromatic carbocycles. The Balaban J connectivity index is 1.46. The number of hydrogen-bond donors (Lipinski definition) is 2. The minimum Gasteiger partial charge on any atom is -0.496 e. The van der Waals surface area contributed by atoms with Crippen molar-refractivity contribution in [1.82, 2.24) is 4.57 Å². The molecule has 0 aliphatic carbocycles. The Morgan fingerprint density at radius 3 is 2.08 bits per heavy atom. The molecular weight excluding hydrogens is 510 g/mol. The molecule has 0 amide bonds. The van der Waals surface area contributed by atoms with Crippen LogP contribution in [0.15, 0.2) is 66.7 Å². The molecule has 1 heterocycles. The standard InChI is InChI=1S/C32H33NO7/c1-22-27(20-30(34)35)32-26(29(38-2)17-16-28(32)33(22)21-31(36)37)15-12-23-10-13-25(14-11-23)40-19-7-6-18-39-24-8-4-3-5-9-24/h3-5,8-17H,6-7,18-21H2,1-2H3,(H,34,35)(H,36,37)/b15-12+. The first-order valence-electron chi connectivity index (χ1n) is 13.1. The number of nitrogens with zero attached hydrogens (tertiary/aromatic N) is 1. The number of carboxylic acid groups (broad SMARTS) is 2. The molecule has 0 aliphatic rings. The van der Waals surface area contributed by atoms with Gasteiger partial charge in [-0.2, -0.15) is 0 Å². The summed E-state index contributed by atoms with van der Waals surface area (Å²) in [6.45, 7) is 2.71. The van der Waals surface area contributed by atoms with E-state index in [0.29, 0.717) is 46.7 Å². The third-order valence-electron chi connectivity index (χ3n) is 6.60. The van der Waals surface area contributed by atoms with Gasteiger partial charge in [-0.1, -0.05) is 36.4 Å². The smallest absolute Gasteiger partial charge is 0.323 e. The summed E-state index contributed by atoms with van der Waals surface area (Å²) in [5.41, 5.74) is 3.44. The van der Waals surface area contributed by atoms with Crippen LogP contribution in [0.1, 0.15) is 35.2 Å². The number of carbonyl (C=O) groups is 2. The number of ether oxygens (including phenoxy) is 3. The van der Waals surface area contributed by atoms with E-state index in [0.717, 1.165) is 29.9 Å². The molecule has 40 heavy (non-hydrogen) atoms. The molecule has 2 N–H and O–H groups in total. The van der Waals surface area contributed by atoms with E-state index < -0.39 is 11.9 Å². The third-order valence-corrected chi connectivity index (χ3v) is 6.60. The van der Waals surface area contributed by atoms with Gasteiger partial charge in [-0.15, -0.1) is 0 Å². The van der Waals surface area contributed by atoms with Crippen molar-refractivity contribution in [2.24, 2.45) is 0 Å². The number of fused-ring (bicyclic) bond motifs is 1. The van der Waals surface area contributed by atoms with Gasteiger partial charge in [-0.25, -0.2) is 0 Å².